The molecule has 1 heterocycles. The first kappa shape index (κ1) is 12.3. The monoisotopic (exact) mass is 241 g/mol. The van der Waals surface area contributed by atoms with E-state index >= 15 is 0 Å². The van der Waals surface area contributed by atoms with Gasteiger partial charge < -0.3 is 11.1 Å². The summed E-state index contributed by atoms with van der Waals surface area (Å²) in [5.74, 6) is -0.142. The van der Waals surface area contributed by atoms with E-state index in [1.807, 2.05) is 30.3 Å². The van der Waals surface area contributed by atoms with Crippen molar-refractivity contribution in [2.24, 2.45) is 5.73 Å². The Morgan fingerprint density at radius 3 is 2.44 bits per heavy atom. The van der Waals surface area contributed by atoms with E-state index < -0.39 is 0 Å². The molecular weight excluding hydrogens is 226 g/mol. The minimum Gasteiger partial charge on any atom is -0.344 e. The van der Waals surface area contributed by atoms with Crippen molar-refractivity contribution in [3.05, 3.63) is 66.0 Å². The van der Waals surface area contributed by atoms with Crippen LogP contribution in [0.4, 0.5) is 0 Å². The molecule has 1 amide bonds. The van der Waals surface area contributed by atoms with Gasteiger partial charge in [-0.15, -0.1) is 0 Å². The third kappa shape index (κ3) is 2.93. The Balaban J connectivity index is 2.10. The second-order valence-corrected chi connectivity index (χ2v) is 3.91. The van der Waals surface area contributed by atoms with Gasteiger partial charge in [0.2, 0.25) is 0 Å². The zero-order chi connectivity index (χ0) is 12.8. The first-order chi connectivity index (χ1) is 8.81. The van der Waals surface area contributed by atoms with Gasteiger partial charge >= 0.3 is 0 Å². The topological polar surface area (TPSA) is 68.0 Å². The molecule has 0 aliphatic heterocycles. The van der Waals surface area contributed by atoms with E-state index in [9.17, 15) is 4.79 Å². The maximum absolute atomic E-state index is 12.0. The molecule has 1 aromatic carbocycles. The molecule has 0 aliphatic rings. The summed E-state index contributed by atoms with van der Waals surface area (Å²) in [6, 6.07) is 12.9. The molecule has 0 saturated heterocycles. The highest BCUT2D eigenvalue weighted by atomic mass is 16.1. The van der Waals surface area contributed by atoms with Gasteiger partial charge in [-0.05, 0) is 17.7 Å². The van der Waals surface area contributed by atoms with Crippen LogP contribution in [0.25, 0.3) is 0 Å². The molecule has 0 bridgehead atoms. The van der Waals surface area contributed by atoms with Crippen LogP contribution in [0.3, 0.4) is 0 Å². The number of hydrogen-bond donors (Lipinski definition) is 2. The SMILES string of the molecule is NCC(NC(=O)c1ccncc1)c1ccccc1. The molecule has 0 fully saturated rings. The van der Waals surface area contributed by atoms with Crippen LogP contribution in [0, 0.1) is 0 Å². The fraction of sp³-hybridized carbons (Fsp3) is 0.143. The van der Waals surface area contributed by atoms with Crippen molar-refractivity contribution >= 4 is 5.91 Å². The van der Waals surface area contributed by atoms with E-state index in [1.165, 1.54) is 0 Å². The zero-order valence-electron chi connectivity index (χ0n) is 9.91. The Morgan fingerprint density at radius 2 is 1.83 bits per heavy atom. The minimum absolute atomic E-state index is 0.142. The number of carbonyl (C=O) groups excluding carboxylic acids is 1. The Kier molecular flexibility index (Phi) is 4.04. The highest BCUT2D eigenvalue weighted by Gasteiger charge is 2.13. The lowest BCUT2D eigenvalue weighted by molar-refractivity contribution is 0.0937. The molecule has 0 radical (unpaired) electrons. The van der Waals surface area contributed by atoms with Crippen LogP contribution in [0.15, 0.2) is 54.9 Å². The molecule has 1 atom stereocenters. The Labute approximate surface area is 106 Å². The number of nitrogens with zero attached hydrogens (tertiary/aromatic N) is 1. The van der Waals surface area contributed by atoms with E-state index in [0.717, 1.165) is 5.56 Å². The fourth-order valence-corrected chi connectivity index (χ4v) is 1.71. The van der Waals surface area contributed by atoms with Gasteiger partial charge in [-0.2, -0.15) is 0 Å². The van der Waals surface area contributed by atoms with E-state index in [-0.39, 0.29) is 11.9 Å². The smallest absolute Gasteiger partial charge is 0.251 e. The van der Waals surface area contributed by atoms with Crippen LogP contribution >= 0.6 is 0 Å². The first-order valence-corrected chi connectivity index (χ1v) is 5.77. The molecule has 92 valence electrons. The molecule has 0 spiro atoms. The van der Waals surface area contributed by atoms with Crippen molar-refractivity contribution in [1.82, 2.24) is 10.3 Å². The van der Waals surface area contributed by atoms with Crippen molar-refractivity contribution < 1.29 is 4.79 Å². The van der Waals surface area contributed by atoms with Gasteiger partial charge in [0, 0.05) is 24.5 Å². The summed E-state index contributed by atoms with van der Waals surface area (Å²) >= 11 is 0. The van der Waals surface area contributed by atoms with Crippen molar-refractivity contribution in [1.29, 1.82) is 0 Å². The summed E-state index contributed by atoms with van der Waals surface area (Å²) in [7, 11) is 0. The van der Waals surface area contributed by atoms with Gasteiger partial charge in [0.25, 0.3) is 5.91 Å². The van der Waals surface area contributed by atoms with Gasteiger partial charge in [-0.3, -0.25) is 9.78 Å². The highest BCUT2D eigenvalue weighted by molar-refractivity contribution is 5.94. The lowest BCUT2D eigenvalue weighted by Gasteiger charge is -2.17. The third-order valence-corrected chi connectivity index (χ3v) is 2.69. The van der Waals surface area contributed by atoms with Gasteiger partial charge in [0.15, 0.2) is 0 Å². The molecule has 4 nitrogen and oxygen atoms in total. The lowest BCUT2D eigenvalue weighted by Crippen LogP contribution is -2.33. The first-order valence-electron chi connectivity index (χ1n) is 5.77. The Morgan fingerprint density at radius 1 is 1.17 bits per heavy atom. The largest absolute Gasteiger partial charge is 0.344 e. The molecule has 1 aromatic heterocycles. The normalized spacial score (nSPS) is 11.8. The second kappa shape index (κ2) is 5.93. The lowest BCUT2D eigenvalue weighted by atomic mass is 10.1. The molecular formula is C14H15N3O. The maximum atomic E-state index is 12.0. The Bertz CT molecular complexity index is 499. The summed E-state index contributed by atoms with van der Waals surface area (Å²) < 4.78 is 0. The van der Waals surface area contributed by atoms with Crippen molar-refractivity contribution in [3.8, 4) is 0 Å². The number of rotatable bonds is 4. The van der Waals surface area contributed by atoms with Crippen molar-refractivity contribution in [2.75, 3.05) is 6.54 Å². The summed E-state index contributed by atoms with van der Waals surface area (Å²) in [6.45, 7) is 0.362. The second-order valence-electron chi connectivity index (χ2n) is 3.91. The van der Waals surface area contributed by atoms with Gasteiger partial charge in [0.05, 0.1) is 6.04 Å². The number of aromatic nitrogens is 1. The van der Waals surface area contributed by atoms with E-state index in [1.54, 1.807) is 24.5 Å². The molecule has 18 heavy (non-hydrogen) atoms. The van der Waals surface area contributed by atoms with Crippen LogP contribution < -0.4 is 11.1 Å². The number of amides is 1. The summed E-state index contributed by atoms with van der Waals surface area (Å²) in [5, 5.41) is 2.91. The molecule has 2 rings (SSSR count). The van der Waals surface area contributed by atoms with Gasteiger partial charge in [-0.25, -0.2) is 0 Å². The summed E-state index contributed by atoms with van der Waals surface area (Å²) in [5.41, 5.74) is 7.29. The number of pyridine rings is 1. The summed E-state index contributed by atoms with van der Waals surface area (Å²) in [6.07, 6.45) is 3.18. The average Bonchev–Trinajstić information content (AvgIpc) is 2.46. The number of nitrogens with one attached hydrogen (secondary N) is 1. The van der Waals surface area contributed by atoms with Crippen LogP contribution in [0.5, 0.6) is 0 Å². The van der Waals surface area contributed by atoms with Crippen LogP contribution in [-0.2, 0) is 0 Å². The van der Waals surface area contributed by atoms with Crippen LogP contribution in [-0.4, -0.2) is 17.4 Å². The van der Waals surface area contributed by atoms with Gasteiger partial charge in [-0.1, -0.05) is 30.3 Å². The highest BCUT2D eigenvalue weighted by Crippen LogP contribution is 2.11. The van der Waals surface area contributed by atoms with Crippen LogP contribution in [0.1, 0.15) is 22.0 Å². The number of benzene rings is 1. The number of nitrogens with two attached hydrogens (primary N) is 1. The van der Waals surface area contributed by atoms with Crippen LogP contribution in [0.2, 0.25) is 0 Å². The number of carbonyl (C=O) groups is 1. The molecule has 3 N–H and O–H groups in total. The fourth-order valence-electron chi connectivity index (χ4n) is 1.71. The number of hydrogen-bond acceptors (Lipinski definition) is 3. The zero-order valence-corrected chi connectivity index (χ0v) is 9.91. The summed E-state index contributed by atoms with van der Waals surface area (Å²) in [4.78, 5) is 15.9. The molecule has 2 aromatic rings. The predicted molar refractivity (Wildman–Crippen MR) is 69.9 cm³/mol. The standard InChI is InChI=1S/C14H15N3O/c15-10-13(11-4-2-1-3-5-11)17-14(18)12-6-8-16-9-7-12/h1-9,13H,10,15H2,(H,17,18). The van der Waals surface area contributed by atoms with Crippen molar-refractivity contribution in [2.45, 2.75) is 6.04 Å². The minimum atomic E-state index is -0.174. The molecule has 4 heteroatoms. The predicted octanol–water partition coefficient (Wildman–Crippen LogP) is 1.51. The molecule has 0 aliphatic carbocycles. The third-order valence-electron chi connectivity index (χ3n) is 2.69. The van der Waals surface area contributed by atoms with E-state index in [0.29, 0.717) is 12.1 Å². The van der Waals surface area contributed by atoms with E-state index in [2.05, 4.69) is 10.3 Å². The van der Waals surface area contributed by atoms with E-state index in [4.69, 9.17) is 5.73 Å². The molecule has 1 unspecified atom stereocenters. The quantitative estimate of drug-likeness (QED) is 0.852. The maximum Gasteiger partial charge on any atom is 0.251 e. The van der Waals surface area contributed by atoms with Crippen molar-refractivity contribution in [3.63, 3.8) is 0 Å². The average molecular weight is 241 g/mol. The Hall–Kier alpha value is -2.20. The molecule has 0 saturated carbocycles. The van der Waals surface area contributed by atoms with Gasteiger partial charge in [0.1, 0.15) is 0 Å².